The van der Waals surface area contributed by atoms with Gasteiger partial charge in [-0.15, -0.1) is 0 Å². The van der Waals surface area contributed by atoms with E-state index in [1.165, 1.54) is 0 Å². The van der Waals surface area contributed by atoms with Gasteiger partial charge in [0.1, 0.15) is 0 Å². The number of hydrogen-bond donors (Lipinski definition) is 3. The number of carbonyl (C=O) groups is 1. The molecule has 0 aromatic heterocycles. The Labute approximate surface area is 143 Å². The van der Waals surface area contributed by atoms with Crippen LogP contribution < -0.4 is 15.5 Å². The van der Waals surface area contributed by atoms with Crippen molar-refractivity contribution >= 4 is 23.3 Å². The van der Waals surface area contributed by atoms with Crippen LogP contribution in [0, 0.1) is 5.92 Å². The van der Waals surface area contributed by atoms with Crippen molar-refractivity contribution in [3.05, 3.63) is 29.3 Å². The van der Waals surface area contributed by atoms with E-state index in [1.807, 2.05) is 31.2 Å². The van der Waals surface area contributed by atoms with E-state index in [0.29, 0.717) is 13.0 Å². The monoisotopic (exact) mass is 339 g/mol. The topological polar surface area (TPSA) is 64.6 Å². The molecule has 23 heavy (non-hydrogen) atoms. The molecule has 1 saturated heterocycles. The van der Waals surface area contributed by atoms with Crippen molar-refractivity contribution in [2.45, 2.75) is 38.8 Å². The SMILES string of the molecule is CC(O)CC(C)CNC(=O)NC1CCN(c2cccc(Cl)c2)C1. The van der Waals surface area contributed by atoms with Crippen LogP contribution in [0.15, 0.2) is 24.3 Å². The van der Waals surface area contributed by atoms with E-state index in [4.69, 9.17) is 11.6 Å². The number of halogens is 1. The minimum Gasteiger partial charge on any atom is -0.393 e. The molecule has 3 unspecified atom stereocenters. The van der Waals surface area contributed by atoms with Gasteiger partial charge in [-0.3, -0.25) is 0 Å². The van der Waals surface area contributed by atoms with Gasteiger partial charge in [0.2, 0.25) is 0 Å². The van der Waals surface area contributed by atoms with E-state index in [-0.39, 0.29) is 24.1 Å². The van der Waals surface area contributed by atoms with Crippen molar-refractivity contribution in [3.63, 3.8) is 0 Å². The number of anilines is 1. The fourth-order valence-corrected chi connectivity index (χ4v) is 3.14. The summed E-state index contributed by atoms with van der Waals surface area (Å²) in [7, 11) is 0. The van der Waals surface area contributed by atoms with Gasteiger partial charge in [0.15, 0.2) is 0 Å². The molecule has 0 radical (unpaired) electrons. The molecule has 1 fully saturated rings. The minimum atomic E-state index is -0.337. The number of rotatable bonds is 6. The van der Waals surface area contributed by atoms with E-state index >= 15 is 0 Å². The van der Waals surface area contributed by atoms with E-state index in [2.05, 4.69) is 15.5 Å². The number of benzene rings is 1. The van der Waals surface area contributed by atoms with Crippen LogP contribution in [0.1, 0.15) is 26.7 Å². The smallest absolute Gasteiger partial charge is 0.315 e. The van der Waals surface area contributed by atoms with E-state index in [1.54, 1.807) is 6.92 Å². The molecule has 1 aliphatic rings. The van der Waals surface area contributed by atoms with Crippen molar-refractivity contribution < 1.29 is 9.90 Å². The first kappa shape index (κ1) is 17.9. The van der Waals surface area contributed by atoms with Gasteiger partial charge in [-0.25, -0.2) is 4.79 Å². The normalized spacial score (nSPS) is 20.2. The van der Waals surface area contributed by atoms with Crippen molar-refractivity contribution in [3.8, 4) is 0 Å². The molecule has 128 valence electrons. The Hall–Kier alpha value is -1.46. The van der Waals surface area contributed by atoms with Gasteiger partial charge in [0.05, 0.1) is 6.10 Å². The van der Waals surface area contributed by atoms with E-state index in [0.717, 1.165) is 30.2 Å². The maximum atomic E-state index is 12.0. The lowest BCUT2D eigenvalue weighted by Gasteiger charge is -2.20. The van der Waals surface area contributed by atoms with E-state index in [9.17, 15) is 9.90 Å². The van der Waals surface area contributed by atoms with Gasteiger partial charge in [-0.1, -0.05) is 24.6 Å². The number of aliphatic hydroxyl groups is 1. The van der Waals surface area contributed by atoms with Crippen LogP contribution in [0.5, 0.6) is 0 Å². The third-order valence-electron chi connectivity index (χ3n) is 4.05. The van der Waals surface area contributed by atoms with Gasteiger partial charge in [-0.05, 0) is 43.9 Å². The highest BCUT2D eigenvalue weighted by Gasteiger charge is 2.24. The van der Waals surface area contributed by atoms with E-state index < -0.39 is 0 Å². The third kappa shape index (κ3) is 5.92. The first-order valence-corrected chi connectivity index (χ1v) is 8.54. The average molecular weight is 340 g/mol. The second-order valence-electron chi connectivity index (χ2n) is 6.46. The zero-order valence-electron chi connectivity index (χ0n) is 13.8. The first-order valence-electron chi connectivity index (χ1n) is 8.17. The molecule has 0 bridgehead atoms. The number of urea groups is 1. The molecule has 3 atom stereocenters. The van der Waals surface area contributed by atoms with Crippen LogP contribution in [0.25, 0.3) is 0 Å². The predicted octanol–water partition coefficient (Wildman–Crippen LogP) is 2.62. The summed E-state index contributed by atoms with van der Waals surface area (Å²) in [6.07, 6.45) is 1.27. The standard InChI is InChI=1S/C17H26ClN3O2/c1-12(8-13(2)22)10-19-17(23)20-15-6-7-21(11-15)16-5-3-4-14(18)9-16/h3-5,9,12-13,15,22H,6-8,10-11H2,1-2H3,(H2,19,20,23). The molecule has 1 aliphatic heterocycles. The van der Waals surface area contributed by atoms with Crippen LogP contribution >= 0.6 is 11.6 Å². The fraction of sp³-hybridized carbons (Fsp3) is 0.588. The number of nitrogens with zero attached hydrogens (tertiary/aromatic N) is 1. The number of aliphatic hydroxyl groups excluding tert-OH is 1. The Kier molecular flexibility index (Phi) is 6.54. The molecule has 0 saturated carbocycles. The Morgan fingerprint density at radius 3 is 2.96 bits per heavy atom. The molecule has 1 heterocycles. The second-order valence-corrected chi connectivity index (χ2v) is 6.89. The first-order chi connectivity index (χ1) is 10.9. The molecule has 5 nitrogen and oxygen atoms in total. The molecule has 2 rings (SSSR count). The molecule has 0 aliphatic carbocycles. The highest BCUT2D eigenvalue weighted by atomic mass is 35.5. The zero-order chi connectivity index (χ0) is 16.8. The van der Waals surface area contributed by atoms with Crippen LogP contribution in [0.2, 0.25) is 5.02 Å². The Balaban J connectivity index is 1.73. The second kappa shape index (κ2) is 8.41. The zero-order valence-corrected chi connectivity index (χ0v) is 14.5. The van der Waals surface area contributed by atoms with Crippen LogP contribution in [-0.4, -0.2) is 42.9 Å². The molecule has 2 amide bonds. The molecule has 6 heteroatoms. The molecule has 3 N–H and O–H groups in total. The maximum Gasteiger partial charge on any atom is 0.315 e. The maximum absolute atomic E-state index is 12.0. The fourth-order valence-electron chi connectivity index (χ4n) is 2.95. The van der Waals surface area contributed by atoms with Crippen molar-refractivity contribution in [2.24, 2.45) is 5.92 Å². The van der Waals surface area contributed by atoms with Gasteiger partial charge in [-0.2, -0.15) is 0 Å². The Morgan fingerprint density at radius 1 is 1.48 bits per heavy atom. The molecular formula is C17H26ClN3O2. The predicted molar refractivity (Wildman–Crippen MR) is 94.1 cm³/mol. The lowest BCUT2D eigenvalue weighted by atomic mass is 10.1. The number of amides is 2. The summed E-state index contributed by atoms with van der Waals surface area (Å²) in [5, 5.41) is 15.9. The van der Waals surface area contributed by atoms with Crippen LogP contribution in [-0.2, 0) is 0 Å². The van der Waals surface area contributed by atoms with Gasteiger partial charge >= 0.3 is 6.03 Å². The molecular weight excluding hydrogens is 314 g/mol. The summed E-state index contributed by atoms with van der Waals surface area (Å²) in [6.45, 7) is 6.05. The molecule has 0 spiro atoms. The lowest BCUT2D eigenvalue weighted by Crippen LogP contribution is -2.44. The van der Waals surface area contributed by atoms with Gasteiger partial charge in [0.25, 0.3) is 0 Å². The molecule has 1 aromatic carbocycles. The third-order valence-corrected chi connectivity index (χ3v) is 4.29. The number of carbonyl (C=O) groups excluding carboxylic acids is 1. The van der Waals surface area contributed by atoms with Crippen molar-refractivity contribution in [1.29, 1.82) is 0 Å². The number of hydrogen-bond acceptors (Lipinski definition) is 3. The lowest BCUT2D eigenvalue weighted by molar-refractivity contribution is 0.163. The van der Waals surface area contributed by atoms with Gasteiger partial charge in [0, 0.05) is 36.4 Å². The number of nitrogens with one attached hydrogen (secondary N) is 2. The minimum absolute atomic E-state index is 0.139. The summed E-state index contributed by atoms with van der Waals surface area (Å²) in [6, 6.07) is 7.78. The summed E-state index contributed by atoms with van der Waals surface area (Å²) in [4.78, 5) is 14.2. The largest absolute Gasteiger partial charge is 0.393 e. The van der Waals surface area contributed by atoms with Gasteiger partial charge < -0.3 is 20.6 Å². The highest BCUT2D eigenvalue weighted by Crippen LogP contribution is 2.23. The average Bonchev–Trinajstić information content (AvgIpc) is 2.93. The molecule has 1 aromatic rings. The summed E-state index contributed by atoms with van der Waals surface area (Å²) in [5.74, 6) is 0.257. The summed E-state index contributed by atoms with van der Waals surface area (Å²) < 4.78 is 0. The van der Waals surface area contributed by atoms with Crippen LogP contribution in [0.3, 0.4) is 0 Å². The van der Waals surface area contributed by atoms with Crippen molar-refractivity contribution in [2.75, 3.05) is 24.5 Å². The van der Waals surface area contributed by atoms with Crippen LogP contribution in [0.4, 0.5) is 10.5 Å². The summed E-state index contributed by atoms with van der Waals surface area (Å²) >= 11 is 6.03. The highest BCUT2D eigenvalue weighted by molar-refractivity contribution is 6.30. The Bertz CT molecular complexity index is 524. The summed E-state index contributed by atoms with van der Waals surface area (Å²) in [5.41, 5.74) is 1.09. The van der Waals surface area contributed by atoms with Crippen molar-refractivity contribution in [1.82, 2.24) is 10.6 Å². The quantitative estimate of drug-likeness (QED) is 0.746. The Morgan fingerprint density at radius 2 is 2.26 bits per heavy atom.